The third kappa shape index (κ3) is 2.35. The Morgan fingerprint density at radius 2 is 1.88 bits per heavy atom. The summed E-state index contributed by atoms with van der Waals surface area (Å²) in [5.41, 5.74) is -0.589. The lowest BCUT2D eigenvalue weighted by Crippen LogP contribution is -2.11. The Balaban J connectivity index is 3.55. The average Bonchev–Trinajstić information content (AvgIpc) is 2.14. The predicted octanol–water partition coefficient (Wildman–Crippen LogP) is 3.23. The molecule has 0 heterocycles. The molecule has 0 radical (unpaired) electrons. The summed E-state index contributed by atoms with van der Waals surface area (Å²) in [6.45, 7) is 2.71. The second-order valence-electron chi connectivity index (χ2n) is 3.45. The number of hydrogen-bond acceptors (Lipinski definition) is 2. The van der Waals surface area contributed by atoms with E-state index in [1.54, 1.807) is 0 Å². The molecule has 0 saturated heterocycles. The van der Waals surface area contributed by atoms with Crippen LogP contribution < -0.4 is 4.74 Å². The maximum atomic E-state index is 12.7. The third-order valence-corrected chi connectivity index (χ3v) is 2.12. The zero-order valence-electron chi connectivity index (χ0n) is 9.11. The van der Waals surface area contributed by atoms with Gasteiger partial charge in [0.15, 0.2) is 5.78 Å². The Bertz CT molecular complexity index is 422. The topological polar surface area (TPSA) is 26.3 Å². The Hall–Kier alpha value is -1.52. The highest BCUT2D eigenvalue weighted by atomic mass is 19.4. The number of methoxy groups -OCH3 is 1. The molecule has 0 unspecified atom stereocenters. The first-order chi connectivity index (χ1) is 7.27. The molecule has 0 bridgehead atoms. The quantitative estimate of drug-likeness (QED) is 0.732. The molecule has 1 rings (SSSR count). The Morgan fingerprint density at radius 3 is 2.25 bits per heavy atom. The number of hydrogen-bond donors (Lipinski definition) is 0. The molecule has 88 valence electrons. The average molecular weight is 232 g/mol. The fourth-order valence-electron chi connectivity index (χ4n) is 1.47. The van der Waals surface area contributed by atoms with Gasteiger partial charge < -0.3 is 4.74 Å². The lowest BCUT2D eigenvalue weighted by Gasteiger charge is -2.15. The van der Waals surface area contributed by atoms with Gasteiger partial charge in [0, 0.05) is 0 Å². The van der Waals surface area contributed by atoms with E-state index in [4.69, 9.17) is 0 Å². The van der Waals surface area contributed by atoms with E-state index in [9.17, 15) is 18.0 Å². The number of Topliss-reactive ketones (excluding diaryl/α,β-unsaturated/α-hetero) is 1. The standard InChI is InChI=1S/C11H11F3O2/c1-6-4-8(7(2)15)10(16-3)9(5-6)11(12,13)14/h4-5H,1-3H3. The number of alkyl halides is 3. The monoisotopic (exact) mass is 232 g/mol. The molecular weight excluding hydrogens is 221 g/mol. The number of carbonyl (C=O) groups excluding carboxylic acids is 1. The molecule has 16 heavy (non-hydrogen) atoms. The number of benzene rings is 1. The smallest absolute Gasteiger partial charge is 0.419 e. The van der Waals surface area contributed by atoms with Crippen LogP contribution in [0.1, 0.15) is 28.4 Å². The van der Waals surface area contributed by atoms with Crippen LogP contribution in [-0.4, -0.2) is 12.9 Å². The van der Waals surface area contributed by atoms with Crippen LogP contribution >= 0.6 is 0 Å². The largest absolute Gasteiger partial charge is 0.495 e. The molecular formula is C11H11F3O2. The maximum absolute atomic E-state index is 12.7. The number of aryl methyl sites for hydroxylation is 1. The summed E-state index contributed by atoms with van der Waals surface area (Å²) in [6.07, 6.45) is -4.53. The first kappa shape index (κ1) is 12.5. The second kappa shape index (κ2) is 4.15. The number of ether oxygens (including phenoxy) is 1. The van der Waals surface area contributed by atoms with Gasteiger partial charge in [-0.1, -0.05) is 0 Å². The van der Waals surface area contributed by atoms with Gasteiger partial charge in [-0.3, -0.25) is 4.79 Å². The fourth-order valence-corrected chi connectivity index (χ4v) is 1.47. The number of rotatable bonds is 2. The summed E-state index contributed by atoms with van der Waals surface area (Å²) in [5, 5.41) is 0. The van der Waals surface area contributed by atoms with Crippen LogP contribution in [0.25, 0.3) is 0 Å². The van der Waals surface area contributed by atoms with Crippen LogP contribution in [0.5, 0.6) is 5.75 Å². The summed E-state index contributed by atoms with van der Waals surface area (Å²) in [6, 6.07) is 2.35. The van der Waals surface area contributed by atoms with E-state index in [1.807, 2.05) is 0 Å². The predicted molar refractivity (Wildman–Crippen MR) is 52.7 cm³/mol. The lowest BCUT2D eigenvalue weighted by molar-refractivity contribution is -0.138. The highest BCUT2D eigenvalue weighted by molar-refractivity contribution is 5.97. The van der Waals surface area contributed by atoms with Gasteiger partial charge in [-0.2, -0.15) is 13.2 Å². The molecule has 0 aliphatic rings. The van der Waals surface area contributed by atoms with Crippen molar-refractivity contribution in [3.05, 3.63) is 28.8 Å². The Labute approximate surface area is 91.0 Å². The molecule has 0 aliphatic heterocycles. The van der Waals surface area contributed by atoms with Crippen molar-refractivity contribution < 1.29 is 22.7 Å². The van der Waals surface area contributed by atoms with Crippen LogP contribution in [-0.2, 0) is 6.18 Å². The molecule has 0 amide bonds. The SMILES string of the molecule is COc1c(C(C)=O)cc(C)cc1C(F)(F)F. The number of ketones is 1. The molecule has 0 aromatic heterocycles. The zero-order valence-corrected chi connectivity index (χ0v) is 9.11. The van der Waals surface area contributed by atoms with E-state index < -0.39 is 23.3 Å². The molecule has 0 atom stereocenters. The summed E-state index contributed by atoms with van der Waals surface area (Å²) < 4.78 is 42.7. The molecule has 0 aliphatic carbocycles. The third-order valence-electron chi connectivity index (χ3n) is 2.12. The van der Waals surface area contributed by atoms with Gasteiger partial charge in [0.1, 0.15) is 5.75 Å². The van der Waals surface area contributed by atoms with E-state index in [-0.39, 0.29) is 5.56 Å². The minimum absolute atomic E-state index is 0.0465. The summed E-state index contributed by atoms with van der Waals surface area (Å²) in [4.78, 5) is 11.2. The molecule has 2 nitrogen and oxygen atoms in total. The van der Waals surface area contributed by atoms with Gasteiger partial charge in [0.05, 0.1) is 18.2 Å². The second-order valence-corrected chi connectivity index (χ2v) is 3.45. The van der Waals surface area contributed by atoms with Crippen molar-refractivity contribution in [2.75, 3.05) is 7.11 Å². The Morgan fingerprint density at radius 1 is 1.31 bits per heavy atom. The minimum Gasteiger partial charge on any atom is -0.495 e. The molecule has 5 heteroatoms. The number of halogens is 3. The van der Waals surface area contributed by atoms with E-state index in [1.165, 1.54) is 19.9 Å². The summed E-state index contributed by atoms with van der Waals surface area (Å²) in [7, 11) is 1.12. The summed E-state index contributed by atoms with van der Waals surface area (Å²) >= 11 is 0. The van der Waals surface area contributed by atoms with E-state index in [0.717, 1.165) is 13.2 Å². The van der Waals surface area contributed by atoms with Crippen LogP contribution in [0.15, 0.2) is 12.1 Å². The molecule has 0 fully saturated rings. The van der Waals surface area contributed by atoms with Crippen molar-refractivity contribution in [1.82, 2.24) is 0 Å². The highest BCUT2D eigenvalue weighted by Crippen LogP contribution is 2.39. The van der Waals surface area contributed by atoms with Gasteiger partial charge in [-0.15, -0.1) is 0 Å². The van der Waals surface area contributed by atoms with Gasteiger partial charge in [0.25, 0.3) is 0 Å². The van der Waals surface area contributed by atoms with Gasteiger partial charge in [-0.05, 0) is 31.5 Å². The van der Waals surface area contributed by atoms with E-state index >= 15 is 0 Å². The molecule has 1 aromatic rings. The van der Waals surface area contributed by atoms with Crippen molar-refractivity contribution >= 4 is 5.78 Å². The molecule has 0 saturated carbocycles. The van der Waals surface area contributed by atoms with Gasteiger partial charge >= 0.3 is 6.18 Å². The van der Waals surface area contributed by atoms with Crippen molar-refractivity contribution in [1.29, 1.82) is 0 Å². The van der Waals surface area contributed by atoms with Crippen molar-refractivity contribution in [2.24, 2.45) is 0 Å². The highest BCUT2D eigenvalue weighted by Gasteiger charge is 2.36. The van der Waals surface area contributed by atoms with E-state index in [2.05, 4.69) is 4.74 Å². The van der Waals surface area contributed by atoms with Crippen molar-refractivity contribution in [3.63, 3.8) is 0 Å². The van der Waals surface area contributed by atoms with Crippen molar-refractivity contribution in [2.45, 2.75) is 20.0 Å². The fraction of sp³-hybridized carbons (Fsp3) is 0.364. The van der Waals surface area contributed by atoms with Gasteiger partial charge in [0.2, 0.25) is 0 Å². The normalized spacial score (nSPS) is 11.4. The van der Waals surface area contributed by atoms with Crippen LogP contribution in [0.3, 0.4) is 0 Å². The Kier molecular flexibility index (Phi) is 3.26. The van der Waals surface area contributed by atoms with Crippen molar-refractivity contribution in [3.8, 4) is 5.75 Å². The molecule has 0 N–H and O–H groups in total. The van der Waals surface area contributed by atoms with Gasteiger partial charge in [-0.25, -0.2) is 0 Å². The van der Waals surface area contributed by atoms with Crippen LogP contribution in [0.4, 0.5) is 13.2 Å². The van der Waals surface area contributed by atoms with E-state index in [0.29, 0.717) is 5.56 Å². The molecule has 1 aromatic carbocycles. The first-order valence-electron chi connectivity index (χ1n) is 4.54. The van der Waals surface area contributed by atoms with Crippen LogP contribution in [0, 0.1) is 6.92 Å². The zero-order chi connectivity index (χ0) is 12.5. The summed E-state index contributed by atoms with van der Waals surface area (Å²) in [5.74, 6) is -0.864. The first-order valence-corrected chi connectivity index (χ1v) is 4.54. The van der Waals surface area contributed by atoms with Crippen LogP contribution in [0.2, 0.25) is 0 Å². The minimum atomic E-state index is -4.53. The maximum Gasteiger partial charge on any atom is 0.419 e. The molecule has 0 spiro atoms. The lowest BCUT2D eigenvalue weighted by atomic mass is 10.0. The number of carbonyl (C=O) groups is 1.